The van der Waals surface area contributed by atoms with Crippen LogP contribution >= 0.6 is 11.6 Å². The average Bonchev–Trinajstić information content (AvgIpc) is 3.40. The number of nitrogens with zero attached hydrogens (tertiary/aromatic N) is 4. The molecule has 1 amide bonds. The van der Waals surface area contributed by atoms with Gasteiger partial charge in [-0.05, 0) is 48.9 Å². The standard InChI is InChI=1S/C21H18ClN5O3/c1-13-18(12-27(25-13)16-7-5-15(22)6-8-16)19-24-21(30-26-19)20(28)23-11-14-3-9-17(29-2)10-4-14/h3-10,12H,11H2,1-2H3,(H,23,28). The monoisotopic (exact) mass is 423 g/mol. The lowest BCUT2D eigenvalue weighted by molar-refractivity contribution is 0.0907. The minimum Gasteiger partial charge on any atom is -0.497 e. The molecule has 1 N–H and O–H groups in total. The highest BCUT2D eigenvalue weighted by atomic mass is 35.5. The zero-order chi connectivity index (χ0) is 21.1. The van der Waals surface area contributed by atoms with Crippen molar-refractivity contribution in [2.24, 2.45) is 0 Å². The second-order valence-corrected chi connectivity index (χ2v) is 6.94. The Morgan fingerprint density at radius 1 is 1.17 bits per heavy atom. The van der Waals surface area contributed by atoms with E-state index in [1.165, 1.54) is 0 Å². The lowest BCUT2D eigenvalue weighted by Crippen LogP contribution is -2.23. The summed E-state index contributed by atoms with van der Waals surface area (Å²) in [6.45, 7) is 2.16. The number of carbonyl (C=O) groups excluding carboxylic acids is 1. The average molecular weight is 424 g/mol. The van der Waals surface area contributed by atoms with Crippen LogP contribution in [0.25, 0.3) is 17.1 Å². The van der Waals surface area contributed by atoms with E-state index < -0.39 is 5.91 Å². The van der Waals surface area contributed by atoms with Crippen LogP contribution in [0.15, 0.2) is 59.3 Å². The topological polar surface area (TPSA) is 95.1 Å². The number of hydrogen-bond donors (Lipinski definition) is 1. The van der Waals surface area contributed by atoms with E-state index in [0.717, 1.165) is 17.0 Å². The van der Waals surface area contributed by atoms with Gasteiger partial charge in [-0.1, -0.05) is 28.9 Å². The first kappa shape index (κ1) is 19.7. The molecule has 0 aliphatic heterocycles. The second kappa shape index (κ2) is 8.38. The van der Waals surface area contributed by atoms with Crippen LogP contribution in [0.1, 0.15) is 21.9 Å². The second-order valence-electron chi connectivity index (χ2n) is 6.50. The van der Waals surface area contributed by atoms with E-state index in [1.807, 2.05) is 43.3 Å². The third kappa shape index (κ3) is 4.18. The third-order valence-corrected chi connectivity index (χ3v) is 4.72. The normalized spacial score (nSPS) is 10.8. The van der Waals surface area contributed by atoms with Crippen LogP contribution in [-0.2, 0) is 6.54 Å². The maximum atomic E-state index is 12.4. The summed E-state index contributed by atoms with van der Waals surface area (Å²) in [4.78, 5) is 16.6. The molecule has 0 spiro atoms. The molecule has 0 bridgehead atoms. The largest absolute Gasteiger partial charge is 0.497 e. The predicted molar refractivity (Wildman–Crippen MR) is 111 cm³/mol. The van der Waals surface area contributed by atoms with Crippen LogP contribution in [0.5, 0.6) is 5.75 Å². The van der Waals surface area contributed by atoms with Gasteiger partial charge in [-0.25, -0.2) is 4.68 Å². The first-order valence-corrected chi connectivity index (χ1v) is 9.48. The van der Waals surface area contributed by atoms with Gasteiger partial charge in [-0.15, -0.1) is 0 Å². The molecule has 0 aliphatic rings. The Bertz CT molecular complexity index is 1170. The Balaban J connectivity index is 1.46. The first-order valence-electron chi connectivity index (χ1n) is 9.11. The summed E-state index contributed by atoms with van der Waals surface area (Å²) in [5.74, 6) is 0.480. The lowest BCUT2D eigenvalue weighted by Gasteiger charge is -2.04. The number of halogens is 1. The van der Waals surface area contributed by atoms with E-state index in [4.69, 9.17) is 20.9 Å². The smallest absolute Gasteiger partial charge is 0.316 e. The van der Waals surface area contributed by atoms with Gasteiger partial charge in [-0.3, -0.25) is 4.79 Å². The molecule has 2 aromatic heterocycles. The number of amides is 1. The molecular weight excluding hydrogens is 406 g/mol. The number of methoxy groups -OCH3 is 1. The Morgan fingerprint density at radius 3 is 2.60 bits per heavy atom. The predicted octanol–water partition coefficient (Wildman–Crippen LogP) is 3.82. The molecule has 0 unspecified atom stereocenters. The van der Waals surface area contributed by atoms with E-state index in [0.29, 0.717) is 28.6 Å². The molecule has 0 radical (unpaired) electrons. The Kier molecular flexibility index (Phi) is 5.49. The molecule has 30 heavy (non-hydrogen) atoms. The quantitative estimate of drug-likeness (QED) is 0.506. The molecule has 0 aliphatic carbocycles. The number of aromatic nitrogens is 4. The highest BCUT2D eigenvalue weighted by molar-refractivity contribution is 6.30. The fourth-order valence-electron chi connectivity index (χ4n) is 2.83. The van der Waals surface area contributed by atoms with Gasteiger partial charge in [0.25, 0.3) is 0 Å². The van der Waals surface area contributed by atoms with E-state index in [2.05, 4.69) is 20.6 Å². The SMILES string of the molecule is COc1ccc(CNC(=O)c2nc(-c3cn(-c4ccc(Cl)cc4)nc3C)no2)cc1. The molecule has 2 aromatic carbocycles. The van der Waals surface area contributed by atoms with Gasteiger partial charge in [0, 0.05) is 17.8 Å². The highest BCUT2D eigenvalue weighted by Crippen LogP contribution is 2.22. The molecule has 0 saturated carbocycles. The van der Waals surface area contributed by atoms with Crippen molar-refractivity contribution in [2.75, 3.05) is 7.11 Å². The van der Waals surface area contributed by atoms with Crippen molar-refractivity contribution in [1.29, 1.82) is 0 Å². The van der Waals surface area contributed by atoms with Crippen molar-refractivity contribution >= 4 is 17.5 Å². The Hall–Kier alpha value is -3.65. The van der Waals surface area contributed by atoms with Crippen LogP contribution in [0.3, 0.4) is 0 Å². The van der Waals surface area contributed by atoms with Gasteiger partial charge in [0.05, 0.1) is 24.1 Å². The van der Waals surface area contributed by atoms with Crippen molar-refractivity contribution in [1.82, 2.24) is 25.2 Å². The van der Waals surface area contributed by atoms with Gasteiger partial charge in [0.2, 0.25) is 5.82 Å². The van der Waals surface area contributed by atoms with Crippen LogP contribution in [0, 0.1) is 6.92 Å². The fraction of sp³-hybridized carbons (Fsp3) is 0.143. The lowest BCUT2D eigenvalue weighted by atomic mass is 10.2. The van der Waals surface area contributed by atoms with Crippen molar-refractivity contribution < 1.29 is 14.1 Å². The zero-order valence-corrected chi connectivity index (χ0v) is 17.1. The summed E-state index contributed by atoms with van der Waals surface area (Å²) in [6, 6.07) is 14.7. The number of carbonyl (C=O) groups is 1. The molecular formula is C21H18ClN5O3. The van der Waals surface area contributed by atoms with Gasteiger partial charge in [0.15, 0.2) is 0 Å². The maximum Gasteiger partial charge on any atom is 0.316 e. The minimum atomic E-state index is -0.452. The molecule has 9 heteroatoms. The molecule has 4 aromatic rings. The van der Waals surface area contributed by atoms with E-state index >= 15 is 0 Å². The third-order valence-electron chi connectivity index (χ3n) is 4.46. The molecule has 4 rings (SSSR count). The van der Waals surface area contributed by atoms with Crippen LogP contribution in [0.2, 0.25) is 5.02 Å². The number of rotatable bonds is 6. The van der Waals surface area contributed by atoms with Crippen LogP contribution in [0.4, 0.5) is 0 Å². The maximum absolute atomic E-state index is 12.4. The number of benzene rings is 2. The molecule has 152 valence electrons. The van der Waals surface area contributed by atoms with Crippen LogP contribution in [-0.4, -0.2) is 32.9 Å². The number of hydrogen-bond acceptors (Lipinski definition) is 6. The molecule has 8 nitrogen and oxygen atoms in total. The van der Waals surface area contributed by atoms with Gasteiger partial charge in [0.1, 0.15) is 5.75 Å². The summed E-state index contributed by atoms with van der Waals surface area (Å²) >= 11 is 5.94. The molecule has 0 saturated heterocycles. The van der Waals surface area contributed by atoms with E-state index in [1.54, 1.807) is 30.1 Å². The van der Waals surface area contributed by atoms with Crippen molar-refractivity contribution in [3.63, 3.8) is 0 Å². The minimum absolute atomic E-state index is 0.114. The number of aryl methyl sites for hydroxylation is 1. The van der Waals surface area contributed by atoms with E-state index in [9.17, 15) is 4.79 Å². The van der Waals surface area contributed by atoms with Gasteiger partial charge < -0.3 is 14.6 Å². The first-order chi connectivity index (χ1) is 14.5. The number of nitrogens with one attached hydrogen (secondary N) is 1. The fourth-order valence-corrected chi connectivity index (χ4v) is 2.96. The van der Waals surface area contributed by atoms with Crippen molar-refractivity contribution in [2.45, 2.75) is 13.5 Å². The summed E-state index contributed by atoms with van der Waals surface area (Å²) in [5, 5.41) is 11.8. The van der Waals surface area contributed by atoms with E-state index in [-0.39, 0.29) is 5.89 Å². The number of ether oxygens (including phenoxy) is 1. The molecule has 0 atom stereocenters. The molecule has 2 heterocycles. The Morgan fingerprint density at radius 2 is 1.90 bits per heavy atom. The molecule has 0 fully saturated rings. The zero-order valence-electron chi connectivity index (χ0n) is 16.3. The summed E-state index contributed by atoms with van der Waals surface area (Å²) in [5.41, 5.74) is 3.14. The summed E-state index contributed by atoms with van der Waals surface area (Å²) in [6.07, 6.45) is 1.78. The van der Waals surface area contributed by atoms with Crippen LogP contribution < -0.4 is 10.1 Å². The highest BCUT2D eigenvalue weighted by Gasteiger charge is 2.19. The van der Waals surface area contributed by atoms with Gasteiger partial charge in [-0.2, -0.15) is 10.1 Å². The van der Waals surface area contributed by atoms with Crippen molar-refractivity contribution in [3.8, 4) is 22.8 Å². The Labute approximate surface area is 177 Å². The summed E-state index contributed by atoms with van der Waals surface area (Å²) in [7, 11) is 1.60. The summed E-state index contributed by atoms with van der Waals surface area (Å²) < 4.78 is 12.0. The van der Waals surface area contributed by atoms with Crippen molar-refractivity contribution in [3.05, 3.63) is 76.9 Å². The van der Waals surface area contributed by atoms with Gasteiger partial charge >= 0.3 is 11.8 Å².